The first-order valence-electron chi connectivity index (χ1n) is 19.5. The van der Waals surface area contributed by atoms with E-state index in [0.717, 1.165) is 42.4 Å². The number of ether oxygens (including phenoxy) is 6. The molecule has 300 valence electrons. The lowest BCUT2D eigenvalue weighted by Crippen LogP contribution is -2.48. The summed E-state index contributed by atoms with van der Waals surface area (Å²) in [5.74, 6) is -0.388. The Kier molecular flexibility index (Phi) is 11.8. The van der Waals surface area contributed by atoms with Crippen molar-refractivity contribution in [3.8, 4) is 17.1 Å². The van der Waals surface area contributed by atoms with Gasteiger partial charge in [-0.25, -0.2) is 24.2 Å². The highest BCUT2D eigenvalue weighted by Gasteiger charge is 2.51. The van der Waals surface area contributed by atoms with Gasteiger partial charge in [0.05, 0.1) is 49.3 Å². The van der Waals surface area contributed by atoms with E-state index in [-0.39, 0.29) is 68.7 Å². The smallest absolute Gasteiger partial charge is 0.457 e. The van der Waals surface area contributed by atoms with Crippen LogP contribution >= 0.6 is 0 Å². The third kappa shape index (κ3) is 7.63. The highest BCUT2D eigenvalue weighted by molar-refractivity contribution is 5.91. The number of carbonyl (C=O) groups is 4. The van der Waals surface area contributed by atoms with Crippen molar-refractivity contribution in [2.45, 2.75) is 83.6 Å². The molecular weight excluding hydrogens is 726 g/mol. The number of rotatable bonds is 11. The van der Waals surface area contributed by atoms with Gasteiger partial charge in [-0.1, -0.05) is 20.3 Å². The van der Waals surface area contributed by atoms with Crippen LogP contribution in [0, 0.1) is 0 Å². The lowest BCUT2D eigenvalue weighted by molar-refractivity contribution is -0.175. The standard InChI is InChI=1S/C40H49N5O11/c1-4-27-28-21-26(55-38(49)44-16-11-25(12-17-44)43-14-7-6-8-15-43)9-10-32(28)42-34-29(27)23-45-33(34)22-31-30(35(45)46)24-54-36(47)40(31,5-2)56-39(50)53-20-19-52-18-13-41-37(48)51-3/h9-10,21-22,25H,4-8,11-20,23-24H2,1-3H3,(H,41,48)/t40-/m0/s1. The molecule has 16 heteroatoms. The van der Waals surface area contributed by atoms with Crippen molar-refractivity contribution in [2.24, 2.45) is 0 Å². The Morgan fingerprint density at radius 3 is 2.50 bits per heavy atom. The monoisotopic (exact) mass is 775 g/mol. The van der Waals surface area contributed by atoms with Crippen LogP contribution in [-0.2, 0) is 53.7 Å². The van der Waals surface area contributed by atoms with Crippen molar-refractivity contribution < 1.29 is 47.6 Å². The predicted octanol–water partition coefficient (Wildman–Crippen LogP) is 4.62. The lowest BCUT2D eigenvalue weighted by atomic mass is 9.85. The van der Waals surface area contributed by atoms with Crippen molar-refractivity contribution in [3.05, 3.63) is 56.9 Å². The summed E-state index contributed by atoms with van der Waals surface area (Å²) in [4.78, 5) is 74.2. The molecule has 0 saturated carbocycles. The number of benzene rings is 1. The van der Waals surface area contributed by atoms with Crippen molar-refractivity contribution in [1.82, 2.24) is 24.7 Å². The zero-order valence-electron chi connectivity index (χ0n) is 32.2. The van der Waals surface area contributed by atoms with Gasteiger partial charge in [0.1, 0.15) is 19.0 Å². The van der Waals surface area contributed by atoms with Crippen molar-refractivity contribution in [1.29, 1.82) is 0 Å². The van der Waals surface area contributed by atoms with Crippen molar-refractivity contribution in [3.63, 3.8) is 0 Å². The van der Waals surface area contributed by atoms with Gasteiger partial charge in [0.15, 0.2) is 0 Å². The minimum absolute atomic E-state index is 0.00481. The number of methoxy groups -OCH3 is 1. The fourth-order valence-electron chi connectivity index (χ4n) is 8.38. The number of carbonyl (C=O) groups excluding carboxylic acids is 4. The number of pyridine rings is 2. The number of alkyl carbamates (subject to hydrolysis) is 1. The number of amides is 2. The fourth-order valence-corrected chi connectivity index (χ4v) is 8.38. The molecule has 7 rings (SSSR count). The van der Waals surface area contributed by atoms with Crippen LogP contribution < -0.4 is 15.6 Å². The molecule has 0 radical (unpaired) electrons. The van der Waals surface area contributed by atoms with Gasteiger partial charge in [-0.3, -0.25) is 4.79 Å². The third-order valence-corrected chi connectivity index (χ3v) is 11.3. The molecule has 1 N–H and O–H groups in total. The number of likely N-dealkylation sites (tertiary alicyclic amines) is 2. The fraction of sp³-hybridized carbons (Fsp3) is 0.550. The Morgan fingerprint density at radius 2 is 1.77 bits per heavy atom. The molecule has 1 atom stereocenters. The quantitative estimate of drug-likeness (QED) is 0.127. The molecule has 0 aliphatic carbocycles. The van der Waals surface area contributed by atoms with E-state index in [1.165, 1.54) is 26.4 Å². The van der Waals surface area contributed by atoms with E-state index in [1.54, 1.807) is 28.5 Å². The van der Waals surface area contributed by atoms with Crippen LogP contribution in [0.25, 0.3) is 22.3 Å². The molecule has 1 aromatic carbocycles. The number of hydrogen-bond acceptors (Lipinski definition) is 13. The van der Waals surface area contributed by atoms with Gasteiger partial charge in [0.2, 0.25) is 5.60 Å². The summed E-state index contributed by atoms with van der Waals surface area (Å²) < 4.78 is 33.7. The zero-order chi connectivity index (χ0) is 39.4. The number of esters is 1. The van der Waals surface area contributed by atoms with Crippen LogP contribution in [0.4, 0.5) is 14.4 Å². The van der Waals surface area contributed by atoms with Crippen LogP contribution in [-0.4, -0.2) is 109 Å². The number of aromatic nitrogens is 2. The first-order chi connectivity index (χ1) is 27.2. The minimum atomic E-state index is -1.93. The molecule has 16 nitrogen and oxygen atoms in total. The molecule has 6 heterocycles. The number of nitrogens with zero attached hydrogens (tertiary/aromatic N) is 4. The molecule has 2 saturated heterocycles. The summed E-state index contributed by atoms with van der Waals surface area (Å²) in [5, 5.41) is 3.28. The van der Waals surface area contributed by atoms with E-state index in [0.29, 0.717) is 48.2 Å². The van der Waals surface area contributed by atoms with Crippen LogP contribution in [0.2, 0.25) is 0 Å². The SMILES string of the molecule is CCc1c2c(nc3ccc(OC(=O)N4CCC(N5CCCCC5)CC4)cc13)-c1cc3c(c(=O)n1C2)COC(=O)[C@@]3(CC)OC(=O)OCCOCCNC(=O)OC. The average molecular weight is 776 g/mol. The van der Waals surface area contributed by atoms with Crippen molar-refractivity contribution in [2.75, 3.05) is 59.7 Å². The van der Waals surface area contributed by atoms with Crippen LogP contribution in [0.1, 0.15) is 74.6 Å². The molecule has 56 heavy (non-hydrogen) atoms. The molecule has 0 bridgehead atoms. The van der Waals surface area contributed by atoms with E-state index >= 15 is 0 Å². The molecule has 3 aromatic rings. The summed E-state index contributed by atoms with van der Waals surface area (Å²) in [6.45, 7) is 7.41. The summed E-state index contributed by atoms with van der Waals surface area (Å²) in [6, 6.07) is 7.60. The van der Waals surface area contributed by atoms with Gasteiger partial charge in [-0.15, -0.1) is 0 Å². The van der Waals surface area contributed by atoms with Crippen molar-refractivity contribution >= 4 is 35.2 Å². The topological polar surface area (TPSA) is 177 Å². The second-order valence-electron chi connectivity index (χ2n) is 14.4. The van der Waals surface area contributed by atoms with Gasteiger partial charge in [-0.2, -0.15) is 0 Å². The van der Waals surface area contributed by atoms with E-state index in [1.807, 2.05) is 19.1 Å². The van der Waals surface area contributed by atoms with E-state index in [2.05, 4.69) is 15.0 Å². The third-order valence-electron chi connectivity index (χ3n) is 11.3. The number of piperidine rings is 2. The lowest BCUT2D eigenvalue weighted by Gasteiger charge is -2.39. The molecule has 4 aliphatic heterocycles. The normalized spacial score (nSPS) is 19.4. The highest BCUT2D eigenvalue weighted by Crippen LogP contribution is 2.42. The van der Waals surface area contributed by atoms with E-state index in [4.69, 9.17) is 28.7 Å². The van der Waals surface area contributed by atoms with Gasteiger partial charge in [0.25, 0.3) is 5.56 Å². The molecule has 0 unspecified atom stereocenters. The maximum Gasteiger partial charge on any atom is 0.509 e. The Hall–Kier alpha value is -5.22. The van der Waals surface area contributed by atoms with Gasteiger partial charge in [0, 0.05) is 42.2 Å². The van der Waals surface area contributed by atoms with Gasteiger partial charge in [-0.05, 0) is 81.4 Å². The summed E-state index contributed by atoms with van der Waals surface area (Å²) in [7, 11) is 1.25. The summed E-state index contributed by atoms with van der Waals surface area (Å²) in [5.41, 5.74) is 1.66. The number of fused-ring (bicyclic) bond motifs is 5. The van der Waals surface area contributed by atoms with E-state index in [9.17, 15) is 24.0 Å². The van der Waals surface area contributed by atoms with Crippen LogP contribution in [0.3, 0.4) is 0 Å². The number of aryl methyl sites for hydroxylation is 1. The first kappa shape index (κ1) is 39.0. The van der Waals surface area contributed by atoms with Crippen LogP contribution in [0.5, 0.6) is 5.75 Å². The van der Waals surface area contributed by atoms with Gasteiger partial charge >= 0.3 is 24.3 Å². The first-order valence-corrected chi connectivity index (χ1v) is 19.5. The number of nitrogens with one attached hydrogen (secondary N) is 1. The Balaban J connectivity index is 1.08. The maximum absolute atomic E-state index is 14.1. The summed E-state index contributed by atoms with van der Waals surface area (Å²) in [6.07, 6.45) is 4.18. The molecule has 2 aromatic heterocycles. The maximum atomic E-state index is 14.1. The predicted molar refractivity (Wildman–Crippen MR) is 201 cm³/mol. The largest absolute Gasteiger partial charge is 0.509 e. The Labute approximate surface area is 324 Å². The zero-order valence-corrected chi connectivity index (χ0v) is 32.2. The van der Waals surface area contributed by atoms with Crippen LogP contribution in [0.15, 0.2) is 29.1 Å². The average Bonchev–Trinajstić information content (AvgIpc) is 3.59. The Bertz CT molecular complexity index is 2050. The van der Waals surface area contributed by atoms with Gasteiger partial charge < -0.3 is 48.1 Å². The molecular formula is C40H49N5O11. The second-order valence-corrected chi connectivity index (χ2v) is 14.4. The summed E-state index contributed by atoms with van der Waals surface area (Å²) >= 11 is 0. The number of cyclic esters (lactones) is 1. The molecule has 2 amide bonds. The number of hydrogen-bond donors (Lipinski definition) is 1. The highest BCUT2D eigenvalue weighted by atomic mass is 16.7. The van der Waals surface area contributed by atoms with E-state index < -0.39 is 23.8 Å². The second kappa shape index (κ2) is 16.9. The molecule has 2 fully saturated rings. The Morgan fingerprint density at radius 1 is 0.982 bits per heavy atom. The molecule has 0 spiro atoms. The molecule has 4 aliphatic rings. The minimum Gasteiger partial charge on any atom is -0.457 e.